The van der Waals surface area contributed by atoms with Gasteiger partial charge in [-0.3, -0.25) is 0 Å². The van der Waals surface area contributed by atoms with Gasteiger partial charge in [0, 0.05) is 24.8 Å². The predicted molar refractivity (Wildman–Crippen MR) is 74.5 cm³/mol. The molecule has 1 aliphatic rings. The number of hydrogen-bond donors (Lipinski definition) is 1. The Hall–Kier alpha value is -1.28. The molecular weight excluding hydrogens is 208 g/mol. The molecule has 17 heavy (non-hydrogen) atoms. The zero-order valence-corrected chi connectivity index (χ0v) is 10.7. The van der Waals surface area contributed by atoms with Gasteiger partial charge in [0.15, 0.2) is 0 Å². The van der Waals surface area contributed by atoms with Crippen LogP contribution in [0.5, 0.6) is 0 Å². The lowest BCUT2D eigenvalue weighted by Crippen LogP contribution is -2.36. The summed E-state index contributed by atoms with van der Waals surface area (Å²) >= 11 is 0. The van der Waals surface area contributed by atoms with Crippen molar-refractivity contribution in [1.29, 1.82) is 0 Å². The summed E-state index contributed by atoms with van der Waals surface area (Å²) in [7, 11) is 0. The van der Waals surface area contributed by atoms with Crippen LogP contribution < -0.4 is 10.2 Å². The second kappa shape index (κ2) is 5.87. The molecule has 0 aliphatic carbocycles. The monoisotopic (exact) mass is 230 g/mol. The summed E-state index contributed by atoms with van der Waals surface area (Å²) in [4.78, 5) is 2.41. The first kappa shape index (κ1) is 12.2. The number of hydrogen-bond acceptors (Lipinski definition) is 2. The molecule has 0 bridgehead atoms. The number of para-hydroxylation sites is 1. The zero-order valence-electron chi connectivity index (χ0n) is 10.7. The van der Waals surface area contributed by atoms with Crippen LogP contribution in [0.1, 0.15) is 31.4 Å². The lowest BCUT2D eigenvalue weighted by molar-refractivity contribution is 0.482. The average Bonchev–Trinajstić information content (AvgIpc) is 2.38. The number of rotatable bonds is 5. The van der Waals surface area contributed by atoms with E-state index < -0.39 is 0 Å². The number of nitrogens with zero attached hydrogens (tertiary/aromatic N) is 1. The molecular formula is C15H22N2. The highest BCUT2D eigenvalue weighted by atomic mass is 15.1. The molecule has 1 atom stereocenters. The Bertz CT molecular complexity index is 373. The Morgan fingerprint density at radius 1 is 1.47 bits per heavy atom. The average molecular weight is 230 g/mol. The van der Waals surface area contributed by atoms with Crippen molar-refractivity contribution in [1.82, 2.24) is 5.32 Å². The molecule has 1 N–H and O–H groups in total. The summed E-state index contributed by atoms with van der Waals surface area (Å²) < 4.78 is 0. The fourth-order valence-electron chi connectivity index (χ4n) is 2.51. The number of fused-ring (bicyclic) bond motifs is 1. The van der Waals surface area contributed by atoms with Gasteiger partial charge >= 0.3 is 0 Å². The second-order valence-electron chi connectivity index (χ2n) is 4.59. The number of nitrogens with one attached hydrogen (secondary N) is 1. The minimum atomic E-state index is 0.521. The van der Waals surface area contributed by atoms with Crippen LogP contribution in [0.3, 0.4) is 0 Å². The summed E-state index contributed by atoms with van der Waals surface area (Å²) in [5.41, 5.74) is 2.81. The SMILES string of the molecule is C=CCN1CCC(NCCC)c2ccccc21. The van der Waals surface area contributed by atoms with E-state index in [1.807, 2.05) is 6.08 Å². The van der Waals surface area contributed by atoms with Crippen molar-refractivity contribution in [2.75, 3.05) is 24.5 Å². The van der Waals surface area contributed by atoms with Crippen molar-refractivity contribution >= 4 is 5.69 Å². The third-order valence-electron chi connectivity index (χ3n) is 3.33. The Balaban J connectivity index is 2.20. The molecule has 0 fully saturated rings. The van der Waals surface area contributed by atoms with Gasteiger partial charge < -0.3 is 10.2 Å². The van der Waals surface area contributed by atoms with E-state index in [4.69, 9.17) is 0 Å². The summed E-state index contributed by atoms with van der Waals surface area (Å²) in [6.45, 7) is 9.21. The minimum Gasteiger partial charge on any atom is -0.367 e. The van der Waals surface area contributed by atoms with Crippen molar-refractivity contribution in [3.8, 4) is 0 Å². The Kier molecular flexibility index (Phi) is 4.21. The van der Waals surface area contributed by atoms with E-state index in [0.29, 0.717) is 6.04 Å². The van der Waals surface area contributed by atoms with Gasteiger partial charge in [-0.05, 0) is 31.0 Å². The quantitative estimate of drug-likeness (QED) is 0.782. The lowest BCUT2D eigenvalue weighted by atomic mass is 9.96. The first-order chi connectivity index (χ1) is 8.36. The van der Waals surface area contributed by atoms with Gasteiger partial charge in [-0.15, -0.1) is 6.58 Å². The second-order valence-corrected chi connectivity index (χ2v) is 4.59. The first-order valence-corrected chi connectivity index (χ1v) is 6.55. The van der Waals surface area contributed by atoms with Crippen LogP contribution in [-0.2, 0) is 0 Å². The molecule has 1 heterocycles. The van der Waals surface area contributed by atoms with Crippen molar-refractivity contribution in [2.24, 2.45) is 0 Å². The van der Waals surface area contributed by atoms with Gasteiger partial charge in [0.05, 0.1) is 0 Å². The summed E-state index contributed by atoms with van der Waals surface area (Å²) in [5.74, 6) is 0. The summed E-state index contributed by atoms with van der Waals surface area (Å²) in [6.07, 6.45) is 4.36. The largest absolute Gasteiger partial charge is 0.367 e. The lowest BCUT2D eigenvalue weighted by Gasteiger charge is -2.35. The van der Waals surface area contributed by atoms with E-state index in [9.17, 15) is 0 Å². The maximum Gasteiger partial charge on any atom is 0.0417 e. The van der Waals surface area contributed by atoms with Gasteiger partial charge in [0.1, 0.15) is 0 Å². The third kappa shape index (κ3) is 2.70. The van der Waals surface area contributed by atoms with Gasteiger partial charge in [-0.25, -0.2) is 0 Å². The van der Waals surface area contributed by atoms with Crippen molar-refractivity contribution in [3.05, 3.63) is 42.5 Å². The van der Waals surface area contributed by atoms with Crippen molar-refractivity contribution < 1.29 is 0 Å². The molecule has 0 saturated heterocycles. The van der Waals surface area contributed by atoms with E-state index in [1.165, 1.54) is 24.1 Å². The highest BCUT2D eigenvalue weighted by molar-refractivity contribution is 5.57. The highest BCUT2D eigenvalue weighted by Gasteiger charge is 2.23. The number of anilines is 1. The molecule has 1 aromatic carbocycles. The first-order valence-electron chi connectivity index (χ1n) is 6.55. The van der Waals surface area contributed by atoms with Crippen LogP contribution in [0, 0.1) is 0 Å². The Morgan fingerprint density at radius 3 is 3.06 bits per heavy atom. The van der Waals surface area contributed by atoms with E-state index in [-0.39, 0.29) is 0 Å². The molecule has 0 amide bonds. The van der Waals surface area contributed by atoms with Crippen molar-refractivity contribution in [2.45, 2.75) is 25.8 Å². The minimum absolute atomic E-state index is 0.521. The summed E-state index contributed by atoms with van der Waals surface area (Å²) in [6, 6.07) is 9.25. The standard InChI is InChI=1S/C15H22N2/c1-3-10-16-14-9-12-17(11-4-2)15-8-6-5-7-13(14)15/h4-8,14,16H,2-3,9-12H2,1H3. The molecule has 2 heteroatoms. The summed E-state index contributed by atoms with van der Waals surface area (Å²) in [5, 5.41) is 3.64. The Morgan fingerprint density at radius 2 is 2.29 bits per heavy atom. The molecule has 2 nitrogen and oxygen atoms in total. The van der Waals surface area contributed by atoms with Crippen LogP contribution in [0.4, 0.5) is 5.69 Å². The fraction of sp³-hybridized carbons (Fsp3) is 0.467. The molecule has 0 saturated carbocycles. The van der Waals surface area contributed by atoms with Gasteiger partial charge in [0.25, 0.3) is 0 Å². The van der Waals surface area contributed by atoms with Gasteiger partial charge in [-0.1, -0.05) is 31.2 Å². The van der Waals surface area contributed by atoms with Gasteiger partial charge in [-0.2, -0.15) is 0 Å². The molecule has 1 aromatic rings. The van der Waals surface area contributed by atoms with E-state index >= 15 is 0 Å². The zero-order chi connectivity index (χ0) is 12.1. The third-order valence-corrected chi connectivity index (χ3v) is 3.33. The van der Waals surface area contributed by atoms with Crippen molar-refractivity contribution in [3.63, 3.8) is 0 Å². The van der Waals surface area contributed by atoms with Crippen LogP contribution in [0.25, 0.3) is 0 Å². The van der Waals surface area contributed by atoms with E-state index in [2.05, 4.69) is 48.0 Å². The maximum atomic E-state index is 3.84. The van der Waals surface area contributed by atoms with E-state index in [1.54, 1.807) is 0 Å². The van der Waals surface area contributed by atoms with Gasteiger partial charge in [0.2, 0.25) is 0 Å². The maximum absolute atomic E-state index is 3.84. The van der Waals surface area contributed by atoms with Crippen LogP contribution >= 0.6 is 0 Å². The molecule has 0 aromatic heterocycles. The molecule has 2 rings (SSSR count). The molecule has 0 spiro atoms. The molecule has 92 valence electrons. The van der Waals surface area contributed by atoms with E-state index in [0.717, 1.165) is 19.6 Å². The highest BCUT2D eigenvalue weighted by Crippen LogP contribution is 2.33. The smallest absolute Gasteiger partial charge is 0.0417 e. The van der Waals surface area contributed by atoms with Crippen LogP contribution in [0.2, 0.25) is 0 Å². The van der Waals surface area contributed by atoms with Crippen LogP contribution in [0.15, 0.2) is 36.9 Å². The molecule has 1 unspecified atom stereocenters. The number of benzene rings is 1. The Labute approximate surface area is 104 Å². The topological polar surface area (TPSA) is 15.3 Å². The predicted octanol–water partition coefficient (Wildman–Crippen LogP) is 3.12. The van der Waals surface area contributed by atoms with Crippen LogP contribution in [-0.4, -0.2) is 19.6 Å². The molecule has 0 radical (unpaired) electrons. The fourth-order valence-corrected chi connectivity index (χ4v) is 2.51. The normalized spacial score (nSPS) is 18.9. The molecule has 1 aliphatic heterocycles.